The minimum Gasteiger partial charge on any atom is -0.457 e. The lowest BCUT2D eigenvalue weighted by molar-refractivity contribution is 0.480. The minimum absolute atomic E-state index is 0.107. The quantitative estimate of drug-likeness (QED) is 0.108. The van der Waals surface area contributed by atoms with Crippen molar-refractivity contribution >= 4 is 40.4 Å². The van der Waals surface area contributed by atoms with E-state index in [-0.39, 0.29) is 24.5 Å². The summed E-state index contributed by atoms with van der Waals surface area (Å²) in [7, 11) is -15.1. The van der Waals surface area contributed by atoms with Gasteiger partial charge in [-0.3, -0.25) is 4.55 Å². The van der Waals surface area contributed by atoms with Crippen molar-refractivity contribution < 1.29 is 51.9 Å². The lowest BCUT2D eigenvalue weighted by Gasteiger charge is -2.42. The first-order valence-corrected chi connectivity index (χ1v) is 30.3. The van der Waals surface area contributed by atoms with E-state index in [0.717, 1.165) is 45.4 Å². The molecule has 0 radical (unpaired) electrons. The Balaban J connectivity index is 0.00000174. The molecule has 0 bridgehead atoms. The molecule has 1 aliphatic rings. The van der Waals surface area contributed by atoms with E-state index in [0.29, 0.717) is 39.7 Å². The zero-order valence-corrected chi connectivity index (χ0v) is 46.1. The van der Waals surface area contributed by atoms with E-state index >= 15 is 0 Å². The molecule has 10 aromatic rings. The van der Waals surface area contributed by atoms with Gasteiger partial charge >= 0.3 is 10.6 Å². The molecule has 0 saturated carbocycles. The van der Waals surface area contributed by atoms with Gasteiger partial charge in [-0.15, -0.1) is 12.6 Å². The van der Waals surface area contributed by atoms with Gasteiger partial charge in [0.25, 0.3) is 10.1 Å². The Kier molecular flexibility index (Phi) is 15.1. The van der Waals surface area contributed by atoms with E-state index in [1.807, 2.05) is 43.3 Å². The highest BCUT2D eigenvalue weighted by molar-refractivity contribution is 7.91. The monoisotopic (exact) mass is 1140 g/mol. The van der Waals surface area contributed by atoms with Crippen LogP contribution in [0, 0.1) is 13.8 Å². The highest BCUT2D eigenvalue weighted by atomic mass is 32.2. The zero-order valence-electron chi connectivity index (χ0n) is 42.8. The van der Waals surface area contributed by atoms with Gasteiger partial charge in [0, 0.05) is 5.56 Å². The average molecular weight is 1140 g/mol. The normalized spacial score (nSPS) is 12.7. The lowest BCUT2D eigenvalue weighted by Crippen LogP contribution is -2.36. The van der Waals surface area contributed by atoms with Gasteiger partial charge in [-0.05, 0) is 179 Å². The summed E-state index contributed by atoms with van der Waals surface area (Å²) in [5, 5.41) is 0. The number of hydrogen-bond donors (Lipinski definition) is 1. The van der Waals surface area contributed by atoms with Crippen molar-refractivity contribution in [1.82, 2.24) is 0 Å². The molecule has 80 heavy (non-hydrogen) atoms. The van der Waals surface area contributed by atoms with Gasteiger partial charge in [0.2, 0.25) is 19.7 Å². The van der Waals surface area contributed by atoms with E-state index in [1.165, 1.54) is 29.3 Å². The molecule has 0 unspecified atom stereocenters. The van der Waals surface area contributed by atoms with Gasteiger partial charge in [0.1, 0.15) is 27.9 Å². The molecule has 0 aliphatic heterocycles. The van der Waals surface area contributed by atoms with Crippen molar-refractivity contribution in [2.24, 2.45) is 0 Å². The largest absolute Gasteiger partial charge is 0.457 e. The van der Waals surface area contributed by atoms with Crippen LogP contribution in [0.2, 0.25) is 0 Å². The van der Waals surface area contributed by atoms with E-state index in [1.54, 1.807) is 116 Å². The molecule has 400 valence electrons. The van der Waals surface area contributed by atoms with Crippen LogP contribution >= 0.6 is 0 Å². The van der Waals surface area contributed by atoms with Gasteiger partial charge in [0.05, 0.1) is 25.0 Å². The van der Waals surface area contributed by atoms with Crippen molar-refractivity contribution in [3.05, 3.63) is 281 Å². The molecule has 0 saturated heterocycles. The molecule has 16 heteroatoms. The number of ether oxygens (including phenoxy) is 2. The summed E-state index contributed by atoms with van der Waals surface area (Å²) < 4.78 is 126. The Labute approximate surface area is 465 Å². The molecule has 11 rings (SSSR count). The number of aryl methyl sites for hydroxylation is 2. The summed E-state index contributed by atoms with van der Waals surface area (Å²) in [4.78, 5) is 0.474. The fourth-order valence-electron chi connectivity index (χ4n) is 10.2. The summed E-state index contributed by atoms with van der Waals surface area (Å²) in [6, 6.07) is 71.2. The van der Waals surface area contributed by atoms with E-state index < -0.39 is 45.8 Å². The summed E-state index contributed by atoms with van der Waals surface area (Å²) >= 11 is 0. The van der Waals surface area contributed by atoms with E-state index in [9.17, 15) is 29.8 Å². The SMILES string of the molecule is Cc1ccc(S(=O)(=O)c2ccc(Oc3ccc(C4(c5ccc(Oc6ccc(S(=O)(=O)c7ccc(-c8ccc(-c9ccc(C)cc9S(=O)(=O)O)cc8)cc7)cc6)cc5)c5ccccc5Cc5ccccc54)cc3)cc2)cc1.O=S(=O)=O. The molecular formula is C64H48O12S4. The number of sulfone groups is 2. The summed E-state index contributed by atoms with van der Waals surface area (Å²) in [5.41, 5.74) is 10.2. The highest BCUT2D eigenvalue weighted by Crippen LogP contribution is 2.51. The number of benzene rings is 10. The van der Waals surface area contributed by atoms with Crippen molar-refractivity contribution in [2.75, 3.05) is 0 Å². The molecule has 12 nitrogen and oxygen atoms in total. The molecule has 0 fully saturated rings. The molecule has 1 aliphatic carbocycles. The Hall–Kier alpha value is -8.77. The third-order valence-electron chi connectivity index (χ3n) is 14.0. The highest BCUT2D eigenvalue weighted by Gasteiger charge is 2.43. The van der Waals surface area contributed by atoms with Crippen LogP contribution in [0.1, 0.15) is 44.5 Å². The van der Waals surface area contributed by atoms with E-state index in [4.69, 9.17) is 22.1 Å². The number of rotatable bonds is 13. The van der Waals surface area contributed by atoms with Gasteiger partial charge in [-0.2, -0.15) is 8.42 Å². The fourth-order valence-corrected chi connectivity index (χ4v) is 13.5. The Morgan fingerprint density at radius 2 is 0.725 bits per heavy atom. The summed E-state index contributed by atoms with van der Waals surface area (Å²) in [6.45, 7) is 3.66. The standard InChI is InChI=1S/C64H48O9S3.O3S/c1-43-11-32-56(33-12-43)74(65,66)58-36-28-54(29-37-58)72-52-24-20-50(21-25-52)64(61-9-5-3-7-48(61)42-49-8-4-6-10-62(49)64)51-22-26-53(27-23-51)73-55-30-38-59(39-31-55)75(67,68)57-34-18-46(19-35-57)45-14-16-47(17-15-45)60-40-13-44(2)41-63(60)76(69,70)71;1-4(2)3/h3-41H,42H2,1-2H3,(H,69,70,71);. The molecular weight excluding hydrogens is 1090 g/mol. The third-order valence-corrected chi connectivity index (χ3v) is 18.4. The number of hydrogen-bond acceptors (Lipinski definition) is 11. The predicted molar refractivity (Wildman–Crippen MR) is 304 cm³/mol. The van der Waals surface area contributed by atoms with Crippen molar-refractivity contribution in [1.29, 1.82) is 0 Å². The number of fused-ring (bicyclic) bond motifs is 2. The van der Waals surface area contributed by atoms with Gasteiger partial charge in [0.15, 0.2) is 0 Å². The Morgan fingerprint density at radius 1 is 0.400 bits per heavy atom. The first kappa shape index (κ1) is 54.6. The van der Waals surface area contributed by atoms with Crippen LogP contribution in [0.5, 0.6) is 23.0 Å². The van der Waals surface area contributed by atoms with E-state index in [2.05, 4.69) is 72.8 Å². The molecule has 1 N–H and O–H groups in total. The maximum atomic E-state index is 13.9. The van der Waals surface area contributed by atoms with Crippen molar-refractivity contribution in [2.45, 2.75) is 50.2 Å². The molecule has 0 aromatic heterocycles. The van der Waals surface area contributed by atoms with Crippen LogP contribution < -0.4 is 9.47 Å². The third kappa shape index (κ3) is 11.1. The molecule has 0 spiro atoms. The van der Waals surface area contributed by atoms with Crippen LogP contribution in [0.15, 0.2) is 261 Å². The maximum Gasteiger partial charge on any atom is 0.425 e. The summed E-state index contributed by atoms with van der Waals surface area (Å²) in [6.07, 6.45) is 0.777. The maximum absolute atomic E-state index is 13.9. The van der Waals surface area contributed by atoms with Crippen molar-refractivity contribution in [3.8, 4) is 45.3 Å². The minimum atomic E-state index is -4.45. The second-order valence-electron chi connectivity index (χ2n) is 19.0. The Morgan fingerprint density at radius 3 is 1.12 bits per heavy atom. The van der Waals surface area contributed by atoms with Crippen molar-refractivity contribution in [3.63, 3.8) is 0 Å². The fraction of sp³-hybridized carbons (Fsp3) is 0.0625. The molecule has 10 aromatic carbocycles. The first-order valence-electron chi connectivity index (χ1n) is 24.9. The molecule has 0 atom stereocenters. The second kappa shape index (κ2) is 22.2. The lowest BCUT2D eigenvalue weighted by atomic mass is 9.60. The zero-order chi connectivity index (χ0) is 56.4. The first-order chi connectivity index (χ1) is 38.3. The van der Waals surface area contributed by atoms with Crippen LogP contribution in [0.4, 0.5) is 0 Å². The van der Waals surface area contributed by atoms with Crippen LogP contribution in [-0.4, -0.2) is 42.4 Å². The molecule has 0 amide bonds. The van der Waals surface area contributed by atoms with Crippen LogP contribution in [0.3, 0.4) is 0 Å². The topological polar surface area (TPSA) is 192 Å². The van der Waals surface area contributed by atoms with Crippen LogP contribution in [0.25, 0.3) is 22.3 Å². The van der Waals surface area contributed by atoms with Crippen LogP contribution in [-0.2, 0) is 52.2 Å². The second-order valence-corrected chi connectivity index (χ2v) is 24.7. The average Bonchev–Trinajstić information content (AvgIpc) is 3.58. The molecule has 0 heterocycles. The Bertz CT molecular complexity index is 4350. The van der Waals surface area contributed by atoms with Gasteiger partial charge in [-0.25, -0.2) is 16.8 Å². The van der Waals surface area contributed by atoms with Gasteiger partial charge < -0.3 is 9.47 Å². The van der Waals surface area contributed by atoms with Gasteiger partial charge in [-0.1, -0.05) is 139 Å². The predicted octanol–water partition coefficient (Wildman–Crippen LogP) is 13.4. The smallest absolute Gasteiger partial charge is 0.425 e. The summed E-state index contributed by atoms with van der Waals surface area (Å²) in [5.74, 6) is 2.11.